The van der Waals surface area contributed by atoms with Crippen LogP contribution in [0.1, 0.15) is 5.56 Å². The van der Waals surface area contributed by atoms with Gasteiger partial charge in [-0.1, -0.05) is 36.4 Å². The fraction of sp³-hybridized carbons (Fsp3) is 0.208. The average Bonchev–Trinajstić information content (AvgIpc) is 2.82. The van der Waals surface area contributed by atoms with E-state index in [0.29, 0.717) is 43.0 Å². The molecule has 1 fully saturated rings. The van der Waals surface area contributed by atoms with Crippen LogP contribution in [0.3, 0.4) is 0 Å². The number of halogens is 1. The van der Waals surface area contributed by atoms with E-state index < -0.39 is 0 Å². The van der Waals surface area contributed by atoms with E-state index in [0.717, 1.165) is 22.5 Å². The molecule has 164 valence electrons. The van der Waals surface area contributed by atoms with Gasteiger partial charge in [-0.15, -0.1) is 0 Å². The second-order valence-electron chi connectivity index (χ2n) is 7.37. The number of allylic oxidation sites excluding steroid dienone is 1. The van der Waals surface area contributed by atoms with E-state index in [2.05, 4.69) is 26.8 Å². The van der Waals surface area contributed by atoms with Gasteiger partial charge in [-0.3, -0.25) is 4.79 Å². The number of ether oxygens (including phenoxy) is 1. The quantitative estimate of drug-likeness (QED) is 0.408. The molecule has 0 saturated carbocycles. The lowest BCUT2D eigenvalue weighted by atomic mass is 10.0. The lowest BCUT2D eigenvalue weighted by Gasteiger charge is -2.29. The van der Waals surface area contributed by atoms with Crippen molar-refractivity contribution in [3.8, 4) is 17.0 Å². The molecule has 2 N–H and O–H groups in total. The summed E-state index contributed by atoms with van der Waals surface area (Å²) in [6.07, 6.45) is 3.12. The molecular weight excluding hydrogens is 428 g/mol. The van der Waals surface area contributed by atoms with Crippen molar-refractivity contribution in [1.82, 2.24) is 9.97 Å². The number of hydrogen-bond acceptors (Lipinski definition) is 7. The average molecular weight is 451 g/mol. The molecule has 0 bridgehead atoms. The highest BCUT2D eigenvalue weighted by molar-refractivity contribution is 6.32. The van der Waals surface area contributed by atoms with Gasteiger partial charge in [0, 0.05) is 30.8 Å². The standard InChI is InChI=1S/C24H23ClN4O3/c1-2-19(30)13-16-4-3-5-17(12-16)23-20(25)15-26-24(28-23)27-18-6-7-22(31)21(14-18)29-8-10-32-11-9-29/h2-7,12,14-15,31H,1,8-11,13H2,(H,26,27,28). The molecule has 0 unspecified atom stereocenters. The molecule has 0 radical (unpaired) electrons. The van der Waals surface area contributed by atoms with Gasteiger partial charge in [0.15, 0.2) is 5.78 Å². The Bertz CT molecular complexity index is 1150. The second kappa shape index (κ2) is 9.80. The van der Waals surface area contributed by atoms with Crippen molar-refractivity contribution in [2.45, 2.75) is 6.42 Å². The topological polar surface area (TPSA) is 87.6 Å². The molecule has 1 saturated heterocycles. The summed E-state index contributed by atoms with van der Waals surface area (Å²) in [5.74, 6) is 0.526. The van der Waals surface area contributed by atoms with Crippen molar-refractivity contribution in [3.05, 3.63) is 71.9 Å². The van der Waals surface area contributed by atoms with Gasteiger partial charge in [-0.25, -0.2) is 9.97 Å². The number of anilines is 3. The summed E-state index contributed by atoms with van der Waals surface area (Å²) in [5.41, 5.74) is 3.67. The van der Waals surface area contributed by atoms with Crippen LogP contribution in [0.4, 0.5) is 17.3 Å². The minimum atomic E-state index is -0.0540. The Morgan fingerprint density at radius 3 is 2.84 bits per heavy atom. The van der Waals surface area contributed by atoms with Gasteiger partial charge >= 0.3 is 0 Å². The molecule has 2 aromatic carbocycles. The van der Waals surface area contributed by atoms with Crippen LogP contribution in [0, 0.1) is 0 Å². The van der Waals surface area contributed by atoms with E-state index in [1.165, 1.54) is 12.3 Å². The third kappa shape index (κ3) is 5.07. The van der Waals surface area contributed by atoms with E-state index in [4.69, 9.17) is 16.3 Å². The summed E-state index contributed by atoms with van der Waals surface area (Å²) in [5, 5.41) is 13.9. The highest BCUT2D eigenvalue weighted by Gasteiger charge is 2.16. The Kier molecular flexibility index (Phi) is 6.68. The Balaban J connectivity index is 1.59. The molecule has 32 heavy (non-hydrogen) atoms. The Labute approximate surface area is 191 Å². The zero-order valence-corrected chi connectivity index (χ0v) is 18.2. The van der Waals surface area contributed by atoms with Gasteiger partial charge in [0.05, 0.1) is 35.8 Å². The zero-order chi connectivity index (χ0) is 22.5. The molecule has 0 amide bonds. The first-order valence-electron chi connectivity index (χ1n) is 10.2. The van der Waals surface area contributed by atoms with Gasteiger partial charge in [-0.05, 0) is 35.9 Å². The first-order valence-corrected chi connectivity index (χ1v) is 10.6. The first-order chi connectivity index (χ1) is 15.5. The molecule has 3 aromatic rings. The molecule has 1 aromatic heterocycles. The van der Waals surface area contributed by atoms with E-state index in [1.807, 2.05) is 30.3 Å². The molecule has 1 aliphatic rings. The number of hydrogen-bond donors (Lipinski definition) is 2. The minimum absolute atomic E-state index is 0.0540. The molecule has 0 aliphatic carbocycles. The van der Waals surface area contributed by atoms with Crippen LogP contribution >= 0.6 is 11.6 Å². The summed E-state index contributed by atoms with van der Waals surface area (Å²) in [7, 11) is 0. The van der Waals surface area contributed by atoms with Crippen molar-refractivity contribution in [2.24, 2.45) is 0 Å². The van der Waals surface area contributed by atoms with Crippen molar-refractivity contribution in [3.63, 3.8) is 0 Å². The number of benzene rings is 2. The normalized spacial score (nSPS) is 13.6. The fourth-order valence-electron chi connectivity index (χ4n) is 3.52. The van der Waals surface area contributed by atoms with Gasteiger partial charge < -0.3 is 20.1 Å². The highest BCUT2D eigenvalue weighted by Crippen LogP contribution is 2.33. The molecule has 8 heteroatoms. The number of rotatable bonds is 7. The number of aromatic hydroxyl groups is 1. The van der Waals surface area contributed by atoms with Crippen LogP contribution in [0.25, 0.3) is 11.3 Å². The van der Waals surface area contributed by atoms with Gasteiger partial charge in [0.2, 0.25) is 5.95 Å². The van der Waals surface area contributed by atoms with Crippen LogP contribution in [0.15, 0.2) is 61.3 Å². The molecule has 0 spiro atoms. The van der Waals surface area contributed by atoms with Crippen LogP contribution < -0.4 is 10.2 Å². The van der Waals surface area contributed by atoms with E-state index >= 15 is 0 Å². The maximum Gasteiger partial charge on any atom is 0.227 e. The monoisotopic (exact) mass is 450 g/mol. The Morgan fingerprint density at radius 1 is 1.25 bits per heavy atom. The largest absolute Gasteiger partial charge is 0.506 e. The number of morpholine rings is 1. The number of phenolic OH excluding ortho intramolecular Hbond substituents is 1. The van der Waals surface area contributed by atoms with Crippen LogP contribution in [-0.4, -0.2) is 47.2 Å². The highest BCUT2D eigenvalue weighted by atomic mass is 35.5. The predicted octanol–water partition coefficient (Wildman–Crippen LogP) is 4.38. The van der Waals surface area contributed by atoms with Crippen LogP contribution in [0.5, 0.6) is 5.75 Å². The maximum atomic E-state index is 11.7. The van der Waals surface area contributed by atoms with Crippen molar-refractivity contribution in [2.75, 3.05) is 36.5 Å². The summed E-state index contributed by atoms with van der Waals surface area (Å²) < 4.78 is 5.39. The van der Waals surface area contributed by atoms with Crippen molar-refractivity contribution < 1.29 is 14.6 Å². The number of phenols is 1. The Hall–Kier alpha value is -3.42. The zero-order valence-electron chi connectivity index (χ0n) is 17.4. The number of nitrogens with zero attached hydrogens (tertiary/aromatic N) is 3. The second-order valence-corrected chi connectivity index (χ2v) is 7.77. The number of carbonyl (C=O) groups excluding carboxylic acids is 1. The van der Waals surface area contributed by atoms with Crippen LogP contribution in [-0.2, 0) is 16.0 Å². The first kappa shape index (κ1) is 21.8. The number of ketones is 1. The summed E-state index contributed by atoms with van der Waals surface area (Å²) in [6.45, 7) is 6.19. The van der Waals surface area contributed by atoms with E-state index in [-0.39, 0.29) is 18.0 Å². The Morgan fingerprint density at radius 2 is 2.06 bits per heavy atom. The minimum Gasteiger partial charge on any atom is -0.506 e. The number of aromatic nitrogens is 2. The predicted molar refractivity (Wildman–Crippen MR) is 126 cm³/mol. The molecule has 4 rings (SSSR count). The lowest BCUT2D eigenvalue weighted by Crippen LogP contribution is -2.36. The fourth-order valence-corrected chi connectivity index (χ4v) is 3.72. The summed E-state index contributed by atoms with van der Waals surface area (Å²) in [6, 6.07) is 12.8. The van der Waals surface area contributed by atoms with E-state index in [1.54, 1.807) is 12.1 Å². The molecule has 7 nitrogen and oxygen atoms in total. The number of nitrogens with one attached hydrogen (secondary N) is 1. The maximum absolute atomic E-state index is 11.7. The molecule has 2 heterocycles. The lowest BCUT2D eigenvalue weighted by molar-refractivity contribution is -0.114. The van der Waals surface area contributed by atoms with Crippen molar-refractivity contribution >= 4 is 34.7 Å². The third-order valence-corrected chi connectivity index (χ3v) is 5.41. The molecule has 0 atom stereocenters. The van der Waals surface area contributed by atoms with Gasteiger partial charge in [0.1, 0.15) is 5.75 Å². The SMILES string of the molecule is C=CC(=O)Cc1cccc(-c2nc(Nc3ccc(O)c(N4CCOCC4)c3)ncc2Cl)c1. The summed E-state index contributed by atoms with van der Waals surface area (Å²) >= 11 is 6.38. The van der Waals surface area contributed by atoms with Gasteiger partial charge in [0.25, 0.3) is 0 Å². The van der Waals surface area contributed by atoms with Crippen molar-refractivity contribution in [1.29, 1.82) is 0 Å². The van der Waals surface area contributed by atoms with Gasteiger partial charge in [-0.2, -0.15) is 0 Å². The number of carbonyl (C=O) groups is 1. The van der Waals surface area contributed by atoms with E-state index in [9.17, 15) is 9.90 Å². The summed E-state index contributed by atoms with van der Waals surface area (Å²) in [4.78, 5) is 22.7. The third-order valence-electron chi connectivity index (χ3n) is 5.13. The van der Waals surface area contributed by atoms with Crippen LogP contribution in [0.2, 0.25) is 5.02 Å². The molecular formula is C24H23ClN4O3. The molecule has 1 aliphatic heterocycles. The smallest absolute Gasteiger partial charge is 0.227 e.